The topological polar surface area (TPSA) is 99.8 Å². The van der Waals surface area contributed by atoms with E-state index in [0.717, 1.165) is 33.8 Å². The highest BCUT2D eigenvalue weighted by molar-refractivity contribution is 7.89. The van der Waals surface area contributed by atoms with Crippen molar-refractivity contribution in [1.29, 1.82) is 0 Å². The molecular weight excluding hydrogens is 422 g/mol. The minimum Gasteiger partial charge on any atom is -0.315 e. The molecule has 0 radical (unpaired) electrons. The fraction of sp³-hybridized carbons (Fsp3) is 0.238. The number of benzene rings is 2. The third-order valence-electron chi connectivity index (χ3n) is 4.82. The van der Waals surface area contributed by atoms with Gasteiger partial charge >= 0.3 is 0 Å². The van der Waals surface area contributed by atoms with Crippen LogP contribution in [0.2, 0.25) is 0 Å². The highest BCUT2D eigenvalue weighted by Crippen LogP contribution is 2.18. The predicted octanol–water partition coefficient (Wildman–Crippen LogP) is 3.03. The molecule has 4 aromatic rings. The maximum absolute atomic E-state index is 12.7. The summed E-state index contributed by atoms with van der Waals surface area (Å²) in [5, 5.41) is 13.6. The molecule has 0 saturated heterocycles. The second-order valence-electron chi connectivity index (χ2n) is 7.08. The Morgan fingerprint density at radius 2 is 1.93 bits per heavy atom. The first-order chi connectivity index (χ1) is 14.0. The Hall–Kier alpha value is -2.52. The summed E-state index contributed by atoms with van der Waals surface area (Å²) in [4.78, 5) is 4.31. The van der Waals surface area contributed by atoms with Crippen LogP contribution in [0.1, 0.15) is 12.6 Å². The third-order valence-corrected chi connectivity index (χ3v) is 6.40. The number of para-hydroxylation sites is 1. The zero-order chi connectivity index (χ0) is 20.3. The second kappa shape index (κ2) is 9.53. The molecule has 1 atom stereocenters. The molecular formula is C21H24ClN5O2S. The zero-order valence-electron chi connectivity index (χ0n) is 16.5. The normalized spacial score (nSPS) is 12.7. The van der Waals surface area contributed by atoms with Gasteiger partial charge in [0.05, 0.1) is 16.1 Å². The smallest absolute Gasteiger partial charge is 0.240 e. The minimum absolute atomic E-state index is 0. The summed E-state index contributed by atoms with van der Waals surface area (Å²) in [6.07, 6.45) is 4.14. The van der Waals surface area contributed by atoms with Gasteiger partial charge in [0.15, 0.2) is 0 Å². The SMILES string of the molecule is CC(CNCCc1n[nH]c2ccccc12)NS(=O)(=O)c1ccc2cnccc2c1.Cl. The Balaban J connectivity index is 0.00000256. The number of fused-ring (bicyclic) bond motifs is 2. The number of aromatic amines is 1. The van der Waals surface area contributed by atoms with Crippen molar-refractivity contribution in [3.05, 3.63) is 66.6 Å². The van der Waals surface area contributed by atoms with Crippen molar-refractivity contribution in [2.45, 2.75) is 24.3 Å². The molecule has 0 amide bonds. The van der Waals surface area contributed by atoms with Gasteiger partial charge in [0, 0.05) is 48.7 Å². The van der Waals surface area contributed by atoms with Gasteiger partial charge < -0.3 is 5.32 Å². The summed E-state index contributed by atoms with van der Waals surface area (Å²) < 4.78 is 28.1. The third kappa shape index (κ3) is 4.96. The van der Waals surface area contributed by atoms with Gasteiger partial charge in [-0.05, 0) is 36.6 Å². The van der Waals surface area contributed by atoms with E-state index in [9.17, 15) is 8.42 Å². The summed E-state index contributed by atoms with van der Waals surface area (Å²) in [5.74, 6) is 0. The van der Waals surface area contributed by atoms with E-state index in [4.69, 9.17) is 0 Å². The summed E-state index contributed by atoms with van der Waals surface area (Å²) in [6, 6.07) is 14.6. The highest BCUT2D eigenvalue weighted by atomic mass is 35.5. The Morgan fingerprint density at radius 1 is 1.10 bits per heavy atom. The average Bonchev–Trinajstić information content (AvgIpc) is 3.14. The summed E-state index contributed by atoms with van der Waals surface area (Å²) in [7, 11) is -3.59. The van der Waals surface area contributed by atoms with E-state index in [1.54, 1.807) is 36.7 Å². The van der Waals surface area contributed by atoms with E-state index in [2.05, 4.69) is 25.2 Å². The molecule has 158 valence electrons. The van der Waals surface area contributed by atoms with Crippen LogP contribution >= 0.6 is 12.4 Å². The van der Waals surface area contributed by atoms with Crippen LogP contribution in [0.4, 0.5) is 0 Å². The van der Waals surface area contributed by atoms with Crippen LogP contribution in [-0.4, -0.2) is 42.7 Å². The monoisotopic (exact) mass is 445 g/mol. The van der Waals surface area contributed by atoms with Crippen molar-refractivity contribution >= 4 is 44.1 Å². The summed E-state index contributed by atoms with van der Waals surface area (Å²) in [5.41, 5.74) is 2.03. The van der Waals surface area contributed by atoms with Crippen molar-refractivity contribution in [2.75, 3.05) is 13.1 Å². The van der Waals surface area contributed by atoms with Crippen LogP contribution in [0.3, 0.4) is 0 Å². The first kappa shape index (κ1) is 22.2. The Bertz CT molecular complexity index is 1240. The largest absolute Gasteiger partial charge is 0.315 e. The number of pyridine rings is 1. The molecule has 7 nitrogen and oxygen atoms in total. The van der Waals surface area contributed by atoms with Crippen molar-refractivity contribution < 1.29 is 8.42 Å². The molecule has 0 aliphatic rings. The number of hydrogen-bond donors (Lipinski definition) is 3. The molecule has 0 aliphatic heterocycles. The maximum atomic E-state index is 12.7. The van der Waals surface area contributed by atoms with Gasteiger partial charge in [-0.1, -0.05) is 24.3 Å². The van der Waals surface area contributed by atoms with Gasteiger partial charge in [-0.15, -0.1) is 12.4 Å². The van der Waals surface area contributed by atoms with Gasteiger partial charge in [-0.3, -0.25) is 10.1 Å². The summed E-state index contributed by atoms with van der Waals surface area (Å²) in [6.45, 7) is 3.09. The van der Waals surface area contributed by atoms with Crippen molar-refractivity contribution in [3.63, 3.8) is 0 Å². The molecule has 0 spiro atoms. The lowest BCUT2D eigenvalue weighted by Crippen LogP contribution is -2.40. The van der Waals surface area contributed by atoms with E-state index in [0.29, 0.717) is 13.1 Å². The quantitative estimate of drug-likeness (QED) is 0.362. The maximum Gasteiger partial charge on any atom is 0.240 e. The average molecular weight is 446 g/mol. The lowest BCUT2D eigenvalue weighted by molar-refractivity contribution is 0.537. The van der Waals surface area contributed by atoms with Gasteiger partial charge in [-0.25, -0.2) is 13.1 Å². The fourth-order valence-electron chi connectivity index (χ4n) is 3.34. The van der Waals surface area contributed by atoms with E-state index < -0.39 is 10.0 Å². The molecule has 30 heavy (non-hydrogen) atoms. The van der Waals surface area contributed by atoms with Crippen molar-refractivity contribution in [3.8, 4) is 0 Å². The van der Waals surface area contributed by atoms with Crippen LogP contribution < -0.4 is 10.0 Å². The molecule has 0 aliphatic carbocycles. The molecule has 2 aromatic heterocycles. The molecule has 0 fully saturated rings. The number of aromatic nitrogens is 3. The molecule has 0 bridgehead atoms. The standard InChI is InChI=1S/C21H23N5O2S.ClH/c1-15(13-22-11-9-21-19-4-2-3-5-20(19)24-25-21)26-29(27,28)18-7-6-17-14-23-10-8-16(17)12-18;/h2-8,10,12,14-15,22,26H,9,11,13H2,1H3,(H,24,25);1H. The lowest BCUT2D eigenvalue weighted by Gasteiger charge is -2.15. The Labute approximate surface area is 181 Å². The molecule has 9 heteroatoms. The predicted molar refractivity (Wildman–Crippen MR) is 121 cm³/mol. The zero-order valence-corrected chi connectivity index (χ0v) is 18.1. The van der Waals surface area contributed by atoms with E-state index in [1.165, 1.54) is 0 Å². The second-order valence-corrected chi connectivity index (χ2v) is 8.79. The van der Waals surface area contributed by atoms with Crippen LogP contribution in [0.5, 0.6) is 0 Å². The molecule has 3 N–H and O–H groups in total. The number of sulfonamides is 1. The Kier molecular flexibility index (Phi) is 7.04. The van der Waals surface area contributed by atoms with Crippen LogP contribution in [0.15, 0.2) is 65.8 Å². The van der Waals surface area contributed by atoms with Crippen molar-refractivity contribution in [2.24, 2.45) is 0 Å². The molecule has 2 heterocycles. The fourth-order valence-corrected chi connectivity index (χ4v) is 4.62. The lowest BCUT2D eigenvalue weighted by atomic mass is 10.1. The first-order valence-electron chi connectivity index (χ1n) is 9.52. The van der Waals surface area contributed by atoms with Crippen LogP contribution in [0, 0.1) is 0 Å². The van der Waals surface area contributed by atoms with Gasteiger partial charge in [0.25, 0.3) is 0 Å². The molecule has 0 saturated carbocycles. The first-order valence-corrected chi connectivity index (χ1v) is 11.0. The van der Waals surface area contributed by atoms with Crippen LogP contribution in [0.25, 0.3) is 21.7 Å². The van der Waals surface area contributed by atoms with E-state index >= 15 is 0 Å². The highest BCUT2D eigenvalue weighted by Gasteiger charge is 2.17. The van der Waals surface area contributed by atoms with Crippen molar-refractivity contribution in [1.82, 2.24) is 25.2 Å². The van der Waals surface area contributed by atoms with Gasteiger partial charge in [0.2, 0.25) is 10.0 Å². The summed E-state index contributed by atoms with van der Waals surface area (Å²) >= 11 is 0. The Morgan fingerprint density at radius 3 is 2.80 bits per heavy atom. The number of rotatable bonds is 8. The number of halogens is 1. The van der Waals surface area contributed by atoms with Gasteiger partial charge in [0.1, 0.15) is 0 Å². The molecule has 2 aromatic carbocycles. The number of nitrogens with zero attached hydrogens (tertiary/aromatic N) is 2. The van der Waals surface area contributed by atoms with Gasteiger partial charge in [-0.2, -0.15) is 5.10 Å². The molecule has 4 rings (SSSR count). The van der Waals surface area contributed by atoms with E-state index in [-0.39, 0.29) is 23.3 Å². The minimum atomic E-state index is -3.59. The number of hydrogen-bond acceptors (Lipinski definition) is 5. The number of nitrogens with one attached hydrogen (secondary N) is 3. The van der Waals surface area contributed by atoms with E-state index in [1.807, 2.05) is 31.2 Å². The molecule has 1 unspecified atom stereocenters. The van der Waals surface area contributed by atoms with Crippen LogP contribution in [-0.2, 0) is 16.4 Å². The number of H-pyrrole nitrogens is 1.